The Hall–Kier alpha value is -2.68. The van der Waals surface area contributed by atoms with Gasteiger partial charge in [-0.25, -0.2) is 0 Å². The minimum atomic E-state index is -0.417. The molecular weight excluding hydrogens is 364 g/mol. The van der Waals surface area contributed by atoms with Gasteiger partial charge in [-0.1, -0.05) is 0 Å². The second kappa shape index (κ2) is 8.55. The summed E-state index contributed by atoms with van der Waals surface area (Å²) >= 11 is 0. The number of hydrogen-bond donors (Lipinski definition) is 0. The summed E-state index contributed by atoms with van der Waals surface area (Å²) in [5.74, 6) is -0.256. The first-order chi connectivity index (χ1) is 13.4. The van der Waals surface area contributed by atoms with E-state index < -0.39 is 4.92 Å². The number of carbonyl (C=O) groups is 2. The summed E-state index contributed by atoms with van der Waals surface area (Å²) < 4.78 is 5.12. The van der Waals surface area contributed by atoms with Crippen molar-refractivity contribution >= 4 is 23.2 Å². The molecule has 0 bridgehead atoms. The van der Waals surface area contributed by atoms with Crippen molar-refractivity contribution in [3.63, 3.8) is 0 Å². The molecule has 1 aromatic rings. The molecule has 28 heavy (non-hydrogen) atoms. The monoisotopic (exact) mass is 390 g/mol. The molecule has 2 aliphatic rings. The lowest BCUT2D eigenvalue weighted by molar-refractivity contribution is -0.384. The molecule has 2 heterocycles. The molecule has 0 aliphatic carbocycles. The van der Waals surface area contributed by atoms with Crippen LogP contribution in [0.4, 0.5) is 11.4 Å². The topological polar surface area (TPSA) is 96.2 Å². The van der Waals surface area contributed by atoms with Crippen LogP contribution < -0.4 is 4.90 Å². The van der Waals surface area contributed by atoms with Crippen LogP contribution in [0.25, 0.3) is 0 Å². The third-order valence-electron chi connectivity index (χ3n) is 5.46. The quantitative estimate of drug-likeness (QED) is 0.534. The van der Waals surface area contributed by atoms with Gasteiger partial charge in [-0.15, -0.1) is 0 Å². The zero-order valence-electron chi connectivity index (χ0n) is 16.2. The SMILES string of the molecule is COC[C@@H](C)N1C[C@@H](C(=O)N2CCN(c3ccc([N+](=O)[O-])cc3)CC2)CC1=O. The predicted molar refractivity (Wildman–Crippen MR) is 103 cm³/mol. The number of non-ortho nitro benzene ring substituents is 1. The summed E-state index contributed by atoms with van der Waals surface area (Å²) in [4.78, 5) is 41.1. The smallest absolute Gasteiger partial charge is 0.269 e. The molecule has 9 heteroatoms. The number of hydrogen-bond acceptors (Lipinski definition) is 6. The maximum absolute atomic E-state index is 12.9. The first-order valence-corrected chi connectivity index (χ1v) is 9.47. The average molecular weight is 390 g/mol. The van der Waals surface area contributed by atoms with Gasteiger partial charge in [0, 0.05) is 64.1 Å². The summed E-state index contributed by atoms with van der Waals surface area (Å²) in [6.45, 7) is 5.31. The van der Waals surface area contributed by atoms with Crippen molar-refractivity contribution in [1.82, 2.24) is 9.80 Å². The minimum Gasteiger partial charge on any atom is -0.383 e. The number of nitro groups is 1. The fourth-order valence-electron chi connectivity index (χ4n) is 3.88. The van der Waals surface area contributed by atoms with E-state index in [4.69, 9.17) is 4.74 Å². The van der Waals surface area contributed by atoms with Gasteiger partial charge < -0.3 is 19.4 Å². The largest absolute Gasteiger partial charge is 0.383 e. The van der Waals surface area contributed by atoms with Crippen LogP contribution in [0.1, 0.15) is 13.3 Å². The number of rotatable bonds is 6. The molecule has 0 spiro atoms. The molecule has 2 amide bonds. The van der Waals surface area contributed by atoms with Gasteiger partial charge in [-0.3, -0.25) is 19.7 Å². The normalized spacial score (nSPS) is 21.1. The Morgan fingerprint density at radius 1 is 1.25 bits per heavy atom. The third-order valence-corrected chi connectivity index (χ3v) is 5.46. The molecular formula is C19H26N4O5. The van der Waals surface area contributed by atoms with Crippen molar-refractivity contribution in [2.45, 2.75) is 19.4 Å². The highest BCUT2D eigenvalue weighted by molar-refractivity contribution is 5.89. The van der Waals surface area contributed by atoms with Gasteiger partial charge in [0.1, 0.15) is 0 Å². The number of anilines is 1. The molecule has 0 N–H and O–H groups in total. The van der Waals surface area contributed by atoms with Gasteiger partial charge >= 0.3 is 0 Å². The van der Waals surface area contributed by atoms with Gasteiger partial charge in [0.2, 0.25) is 11.8 Å². The van der Waals surface area contributed by atoms with Crippen molar-refractivity contribution < 1.29 is 19.2 Å². The molecule has 0 aromatic heterocycles. The van der Waals surface area contributed by atoms with Gasteiger partial charge in [0.25, 0.3) is 5.69 Å². The van der Waals surface area contributed by atoms with E-state index >= 15 is 0 Å². The summed E-state index contributed by atoms with van der Waals surface area (Å²) in [5.41, 5.74) is 0.976. The van der Waals surface area contributed by atoms with Gasteiger partial charge in [-0.2, -0.15) is 0 Å². The Morgan fingerprint density at radius 3 is 2.46 bits per heavy atom. The molecule has 2 fully saturated rings. The third kappa shape index (κ3) is 4.24. The zero-order valence-corrected chi connectivity index (χ0v) is 16.2. The average Bonchev–Trinajstić information content (AvgIpc) is 3.09. The molecule has 152 valence electrons. The van der Waals surface area contributed by atoms with Crippen LogP contribution in [0.5, 0.6) is 0 Å². The molecule has 0 saturated carbocycles. The summed E-state index contributed by atoms with van der Waals surface area (Å²) in [7, 11) is 1.60. The number of amides is 2. The van der Waals surface area contributed by atoms with E-state index in [1.54, 1.807) is 24.1 Å². The van der Waals surface area contributed by atoms with E-state index in [0.717, 1.165) is 5.69 Å². The Bertz CT molecular complexity index is 730. The minimum absolute atomic E-state index is 0.00687. The Balaban J connectivity index is 1.54. The highest BCUT2D eigenvalue weighted by Crippen LogP contribution is 2.25. The van der Waals surface area contributed by atoms with E-state index in [2.05, 4.69) is 4.90 Å². The standard InChI is InChI=1S/C19H26N4O5/c1-14(13-28-2)22-12-15(11-18(22)24)19(25)21-9-7-20(8-10-21)16-3-5-17(6-4-16)23(26)27/h3-6,14-15H,7-13H2,1-2H3/t14-,15+/m1/s1. The maximum Gasteiger partial charge on any atom is 0.269 e. The number of methoxy groups -OCH3 is 1. The number of ether oxygens (including phenoxy) is 1. The highest BCUT2D eigenvalue weighted by atomic mass is 16.6. The van der Waals surface area contributed by atoms with E-state index in [1.165, 1.54) is 12.1 Å². The second-order valence-electron chi connectivity index (χ2n) is 7.34. The Kier molecular flexibility index (Phi) is 6.13. The van der Waals surface area contributed by atoms with Crippen LogP contribution >= 0.6 is 0 Å². The van der Waals surface area contributed by atoms with Crippen molar-refractivity contribution in [2.75, 3.05) is 51.3 Å². The van der Waals surface area contributed by atoms with Crippen molar-refractivity contribution in [1.29, 1.82) is 0 Å². The number of likely N-dealkylation sites (tertiary alicyclic amines) is 1. The summed E-state index contributed by atoms with van der Waals surface area (Å²) in [5, 5.41) is 10.8. The van der Waals surface area contributed by atoms with E-state index in [0.29, 0.717) is 39.3 Å². The van der Waals surface area contributed by atoms with Crippen LogP contribution in [0.15, 0.2) is 24.3 Å². The van der Waals surface area contributed by atoms with Crippen LogP contribution in [0.2, 0.25) is 0 Å². The lowest BCUT2D eigenvalue weighted by Crippen LogP contribution is -2.50. The Morgan fingerprint density at radius 2 is 1.89 bits per heavy atom. The van der Waals surface area contributed by atoms with Gasteiger partial charge in [0.05, 0.1) is 23.5 Å². The molecule has 9 nitrogen and oxygen atoms in total. The van der Waals surface area contributed by atoms with Crippen molar-refractivity contribution in [2.24, 2.45) is 5.92 Å². The molecule has 2 aliphatic heterocycles. The zero-order chi connectivity index (χ0) is 20.3. The van der Waals surface area contributed by atoms with Crippen molar-refractivity contribution in [3.05, 3.63) is 34.4 Å². The maximum atomic E-state index is 12.9. The van der Waals surface area contributed by atoms with E-state index in [-0.39, 0.29) is 35.9 Å². The Labute approximate surface area is 164 Å². The molecule has 1 aromatic carbocycles. The van der Waals surface area contributed by atoms with Crippen LogP contribution in [0, 0.1) is 16.0 Å². The predicted octanol–water partition coefficient (Wildman–Crippen LogP) is 1.13. The van der Waals surface area contributed by atoms with Crippen LogP contribution in [-0.2, 0) is 14.3 Å². The molecule has 0 unspecified atom stereocenters. The second-order valence-corrected chi connectivity index (χ2v) is 7.34. The van der Waals surface area contributed by atoms with Gasteiger partial charge in [0.15, 0.2) is 0 Å². The first-order valence-electron chi connectivity index (χ1n) is 9.47. The lowest BCUT2D eigenvalue weighted by Gasteiger charge is -2.37. The number of carbonyl (C=O) groups excluding carboxylic acids is 2. The van der Waals surface area contributed by atoms with Crippen LogP contribution in [0.3, 0.4) is 0 Å². The molecule has 2 saturated heterocycles. The van der Waals surface area contributed by atoms with Gasteiger partial charge in [-0.05, 0) is 19.1 Å². The molecule has 2 atom stereocenters. The highest BCUT2D eigenvalue weighted by Gasteiger charge is 2.39. The van der Waals surface area contributed by atoms with Crippen LogP contribution in [-0.4, -0.2) is 79.0 Å². The van der Waals surface area contributed by atoms with E-state index in [9.17, 15) is 19.7 Å². The van der Waals surface area contributed by atoms with Crippen molar-refractivity contribution in [3.8, 4) is 0 Å². The van der Waals surface area contributed by atoms with E-state index in [1.807, 2.05) is 11.8 Å². The number of nitro benzene ring substituents is 1. The fourth-order valence-corrected chi connectivity index (χ4v) is 3.88. The number of benzene rings is 1. The fraction of sp³-hybridized carbons (Fsp3) is 0.579. The summed E-state index contributed by atoms with van der Waals surface area (Å²) in [6.07, 6.45) is 0.259. The molecule has 0 radical (unpaired) electrons. The number of nitrogens with zero attached hydrogens (tertiary/aromatic N) is 4. The lowest BCUT2D eigenvalue weighted by atomic mass is 10.1. The summed E-state index contributed by atoms with van der Waals surface area (Å²) in [6, 6.07) is 6.43. The molecule has 3 rings (SSSR count). The number of piperazine rings is 1. The first kappa shape index (κ1) is 20.1.